The zero-order chi connectivity index (χ0) is 13.9. The van der Waals surface area contributed by atoms with Gasteiger partial charge in [-0.25, -0.2) is 13.4 Å². The molecular formula is C9H11N5O3S2. The van der Waals surface area contributed by atoms with Crippen LogP contribution in [0.15, 0.2) is 17.8 Å². The number of hydrogen-bond acceptors (Lipinski definition) is 6. The molecule has 102 valence electrons. The normalized spacial score (nSPS) is 11.2. The molecule has 0 bridgehead atoms. The average Bonchev–Trinajstić information content (AvgIpc) is 2.88. The first kappa shape index (κ1) is 13.5. The highest BCUT2D eigenvalue weighted by Crippen LogP contribution is 2.17. The molecule has 19 heavy (non-hydrogen) atoms. The number of rotatable bonds is 5. The van der Waals surface area contributed by atoms with E-state index in [9.17, 15) is 13.2 Å². The van der Waals surface area contributed by atoms with Gasteiger partial charge in [0.2, 0.25) is 15.9 Å². The topological polar surface area (TPSA) is 117 Å². The van der Waals surface area contributed by atoms with E-state index >= 15 is 0 Å². The second kappa shape index (κ2) is 5.36. The van der Waals surface area contributed by atoms with E-state index in [1.807, 2.05) is 0 Å². The lowest BCUT2D eigenvalue weighted by Crippen LogP contribution is -2.14. The van der Waals surface area contributed by atoms with E-state index < -0.39 is 10.0 Å². The van der Waals surface area contributed by atoms with Gasteiger partial charge in [0.05, 0.1) is 30.3 Å². The Balaban J connectivity index is 1.94. The summed E-state index contributed by atoms with van der Waals surface area (Å²) in [6, 6.07) is 0. The summed E-state index contributed by atoms with van der Waals surface area (Å²) >= 11 is 1.13. The summed E-state index contributed by atoms with van der Waals surface area (Å²) in [6.07, 6.45) is 4.14. The molecule has 0 unspecified atom stereocenters. The minimum Gasteiger partial charge on any atom is -0.323 e. The van der Waals surface area contributed by atoms with Crippen molar-refractivity contribution >= 4 is 38.1 Å². The van der Waals surface area contributed by atoms with Crippen LogP contribution in [0, 0.1) is 0 Å². The van der Waals surface area contributed by atoms with Crippen LogP contribution in [0.25, 0.3) is 0 Å². The highest BCUT2D eigenvalue weighted by Gasteiger charge is 2.10. The number of carbonyl (C=O) groups is 1. The molecule has 8 nitrogen and oxygen atoms in total. The smallest absolute Gasteiger partial charge is 0.231 e. The zero-order valence-electron chi connectivity index (χ0n) is 9.87. The highest BCUT2D eigenvalue weighted by molar-refractivity contribution is 7.92. The fourth-order valence-electron chi connectivity index (χ4n) is 1.28. The Kier molecular flexibility index (Phi) is 3.81. The molecule has 1 amide bonds. The summed E-state index contributed by atoms with van der Waals surface area (Å²) in [5, 5.41) is 10.8. The second-order valence-corrected chi connectivity index (χ2v) is 6.34. The summed E-state index contributed by atoms with van der Waals surface area (Å²) in [5.74, 6) is -0.252. The van der Waals surface area contributed by atoms with Crippen molar-refractivity contribution in [3.05, 3.63) is 23.5 Å². The van der Waals surface area contributed by atoms with Crippen LogP contribution >= 0.6 is 11.3 Å². The van der Waals surface area contributed by atoms with Crippen molar-refractivity contribution in [1.29, 1.82) is 0 Å². The number of nitrogens with one attached hydrogen (secondary N) is 3. The summed E-state index contributed by atoms with van der Waals surface area (Å²) in [5.41, 5.74) is 1.06. The van der Waals surface area contributed by atoms with E-state index in [0.29, 0.717) is 11.4 Å². The van der Waals surface area contributed by atoms with E-state index in [1.54, 1.807) is 11.6 Å². The number of nitrogens with zero attached hydrogens (tertiary/aromatic N) is 2. The molecule has 0 fully saturated rings. The Labute approximate surface area is 113 Å². The molecule has 0 aliphatic carbocycles. The summed E-state index contributed by atoms with van der Waals surface area (Å²) in [4.78, 5) is 15.7. The van der Waals surface area contributed by atoms with Gasteiger partial charge in [-0.15, -0.1) is 11.3 Å². The Hall–Kier alpha value is -1.94. The van der Waals surface area contributed by atoms with Crippen molar-refractivity contribution in [2.45, 2.75) is 6.42 Å². The van der Waals surface area contributed by atoms with Gasteiger partial charge < -0.3 is 5.32 Å². The third-order valence-corrected chi connectivity index (χ3v) is 3.45. The van der Waals surface area contributed by atoms with Crippen LogP contribution in [0.3, 0.4) is 0 Å². The molecule has 0 atom stereocenters. The number of aromatic nitrogens is 3. The molecule has 0 saturated heterocycles. The van der Waals surface area contributed by atoms with Crippen LogP contribution in [0.2, 0.25) is 0 Å². The average molecular weight is 301 g/mol. The SMILES string of the molecule is CS(=O)(=O)Nc1nc(CC(=O)Nc2cn[nH]c2)cs1. The molecule has 0 aromatic carbocycles. The first-order chi connectivity index (χ1) is 8.92. The molecule has 2 heterocycles. The van der Waals surface area contributed by atoms with E-state index in [2.05, 4.69) is 25.2 Å². The molecular weight excluding hydrogens is 290 g/mol. The van der Waals surface area contributed by atoms with Crippen LogP contribution in [-0.2, 0) is 21.2 Å². The predicted octanol–water partition coefficient (Wildman–Crippen LogP) is 0.419. The molecule has 0 saturated carbocycles. The van der Waals surface area contributed by atoms with Gasteiger partial charge in [0, 0.05) is 11.6 Å². The van der Waals surface area contributed by atoms with E-state index in [0.717, 1.165) is 17.6 Å². The van der Waals surface area contributed by atoms with E-state index in [4.69, 9.17) is 0 Å². The van der Waals surface area contributed by atoms with Gasteiger partial charge in [-0.3, -0.25) is 14.6 Å². The Morgan fingerprint density at radius 1 is 1.53 bits per heavy atom. The third kappa shape index (κ3) is 4.34. The van der Waals surface area contributed by atoms with Gasteiger partial charge >= 0.3 is 0 Å². The van der Waals surface area contributed by atoms with Gasteiger partial charge in [-0.1, -0.05) is 0 Å². The van der Waals surface area contributed by atoms with Crippen LogP contribution in [0.5, 0.6) is 0 Å². The number of amides is 1. The van der Waals surface area contributed by atoms with Crippen LogP contribution in [-0.4, -0.2) is 35.8 Å². The second-order valence-electron chi connectivity index (χ2n) is 3.73. The number of thiazole rings is 1. The van der Waals surface area contributed by atoms with Crippen molar-refractivity contribution in [3.8, 4) is 0 Å². The van der Waals surface area contributed by atoms with Crippen LogP contribution in [0.1, 0.15) is 5.69 Å². The molecule has 0 radical (unpaired) electrons. The number of hydrogen-bond donors (Lipinski definition) is 3. The maximum atomic E-state index is 11.6. The number of carbonyl (C=O) groups excluding carboxylic acids is 1. The minimum atomic E-state index is -3.35. The monoisotopic (exact) mass is 301 g/mol. The minimum absolute atomic E-state index is 0.0626. The first-order valence-electron chi connectivity index (χ1n) is 5.13. The predicted molar refractivity (Wildman–Crippen MR) is 71.5 cm³/mol. The fraction of sp³-hybridized carbons (Fsp3) is 0.222. The van der Waals surface area contributed by atoms with E-state index in [-0.39, 0.29) is 17.5 Å². The number of sulfonamides is 1. The number of anilines is 2. The molecule has 3 N–H and O–H groups in total. The standard InChI is InChI=1S/C9H11N5O3S2/c1-19(16,17)14-9-13-6(5-18-9)2-8(15)12-7-3-10-11-4-7/h3-5H,2H2,1H3,(H,10,11)(H,12,15)(H,13,14). The summed E-state index contributed by atoms with van der Waals surface area (Å²) < 4.78 is 24.3. The molecule has 10 heteroatoms. The molecule has 2 rings (SSSR count). The maximum absolute atomic E-state index is 11.6. The maximum Gasteiger partial charge on any atom is 0.231 e. The van der Waals surface area contributed by atoms with Gasteiger partial charge in [-0.2, -0.15) is 5.10 Å². The van der Waals surface area contributed by atoms with Crippen molar-refractivity contribution in [1.82, 2.24) is 15.2 Å². The molecule has 2 aromatic rings. The van der Waals surface area contributed by atoms with E-state index in [1.165, 1.54) is 6.20 Å². The van der Waals surface area contributed by atoms with Gasteiger partial charge in [0.15, 0.2) is 5.13 Å². The fourth-order valence-corrected chi connectivity index (χ4v) is 2.85. The third-order valence-electron chi connectivity index (χ3n) is 1.95. The molecule has 0 aliphatic heterocycles. The lowest BCUT2D eigenvalue weighted by molar-refractivity contribution is -0.115. The molecule has 2 aromatic heterocycles. The Morgan fingerprint density at radius 3 is 2.95 bits per heavy atom. The zero-order valence-corrected chi connectivity index (χ0v) is 11.5. The van der Waals surface area contributed by atoms with Crippen LogP contribution in [0.4, 0.5) is 10.8 Å². The Bertz CT molecular complexity index is 662. The lowest BCUT2D eigenvalue weighted by Gasteiger charge is -1.99. The highest BCUT2D eigenvalue weighted by atomic mass is 32.2. The molecule has 0 aliphatic rings. The van der Waals surface area contributed by atoms with Gasteiger partial charge in [-0.05, 0) is 0 Å². The number of aromatic amines is 1. The van der Waals surface area contributed by atoms with Gasteiger partial charge in [0.25, 0.3) is 0 Å². The van der Waals surface area contributed by atoms with Gasteiger partial charge in [0.1, 0.15) is 0 Å². The quantitative estimate of drug-likeness (QED) is 0.740. The largest absolute Gasteiger partial charge is 0.323 e. The van der Waals surface area contributed by atoms with Crippen molar-refractivity contribution in [3.63, 3.8) is 0 Å². The van der Waals surface area contributed by atoms with Crippen molar-refractivity contribution < 1.29 is 13.2 Å². The summed E-state index contributed by atoms with van der Waals surface area (Å²) in [7, 11) is -3.35. The number of H-pyrrole nitrogens is 1. The van der Waals surface area contributed by atoms with Crippen molar-refractivity contribution in [2.75, 3.05) is 16.3 Å². The van der Waals surface area contributed by atoms with Crippen molar-refractivity contribution in [2.24, 2.45) is 0 Å². The molecule has 0 spiro atoms. The van der Waals surface area contributed by atoms with Crippen LogP contribution < -0.4 is 10.0 Å². The first-order valence-corrected chi connectivity index (χ1v) is 7.90. The Morgan fingerprint density at radius 2 is 2.32 bits per heavy atom. The lowest BCUT2D eigenvalue weighted by atomic mass is 10.3. The summed E-state index contributed by atoms with van der Waals surface area (Å²) in [6.45, 7) is 0.